The molecule has 1 heterocycles. The summed E-state index contributed by atoms with van der Waals surface area (Å²) in [4.78, 5) is 26.6. The van der Waals surface area contributed by atoms with Crippen molar-refractivity contribution in [1.29, 1.82) is 0 Å². The maximum absolute atomic E-state index is 12.5. The van der Waals surface area contributed by atoms with Crippen LogP contribution in [0.1, 0.15) is 37.0 Å². The number of amides is 2. The predicted octanol–water partition coefficient (Wildman–Crippen LogP) is 4.01. The van der Waals surface area contributed by atoms with Gasteiger partial charge in [-0.2, -0.15) is 0 Å². The van der Waals surface area contributed by atoms with Gasteiger partial charge in [-0.3, -0.25) is 9.59 Å². The lowest BCUT2D eigenvalue weighted by atomic mass is 10.1. The molecule has 1 aliphatic heterocycles. The van der Waals surface area contributed by atoms with E-state index in [9.17, 15) is 9.59 Å². The number of rotatable bonds is 8. The van der Waals surface area contributed by atoms with Crippen molar-refractivity contribution in [2.24, 2.45) is 5.92 Å². The number of ether oxygens (including phenoxy) is 1. The highest BCUT2D eigenvalue weighted by molar-refractivity contribution is 5.96. The number of carbonyl (C=O) groups is 2. The van der Waals surface area contributed by atoms with E-state index >= 15 is 0 Å². The van der Waals surface area contributed by atoms with Crippen molar-refractivity contribution in [3.63, 3.8) is 0 Å². The van der Waals surface area contributed by atoms with Gasteiger partial charge in [0.15, 0.2) is 0 Å². The van der Waals surface area contributed by atoms with Crippen molar-refractivity contribution in [3.05, 3.63) is 54.1 Å². The molecular weight excluding hydrogens is 366 g/mol. The first-order valence-corrected chi connectivity index (χ1v) is 10.2. The summed E-state index contributed by atoms with van der Waals surface area (Å²) in [7, 11) is 0. The summed E-state index contributed by atoms with van der Waals surface area (Å²) >= 11 is 0. The van der Waals surface area contributed by atoms with Crippen LogP contribution in [-0.4, -0.2) is 43.0 Å². The number of benzene rings is 2. The Labute approximate surface area is 172 Å². The average Bonchev–Trinajstić information content (AvgIpc) is 3.26. The molecule has 0 radical (unpaired) electrons. The molecule has 2 amide bonds. The molecule has 2 N–H and O–H groups in total. The van der Waals surface area contributed by atoms with Crippen molar-refractivity contribution >= 4 is 23.2 Å². The lowest BCUT2D eigenvalue weighted by Gasteiger charge is -2.16. The van der Waals surface area contributed by atoms with Crippen LogP contribution in [0, 0.1) is 5.92 Å². The monoisotopic (exact) mass is 395 g/mol. The first-order valence-electron chi connectivity index (χ1n) is 10.2. The van der Waals surface area contributed by atoms with E-state index < -0.39 is 0 Å². The van der Waals surface area contributed by atoms with Crippen LogP contribution in [0.2, 0.25) is 0 Å². The molecule has 29 heavy (non-hydrogen) atoms. The number of carbonyl (C=O) groups excluding carboxylic acids is 2. The van der Waals surface area contributed by atoms with Gasteiger partial charge < -0.3 is 20.3 Å². The first kappa shape index (κ1) is 20.7. The number of hydrogen-bond acceptors (Lipinski definition) is 4. The fourth-order valence-electron chi connectivity index (χ4n) is 3.15. The molecule has 2 aromatic rings. The van der Waals surface area contributed by atoms with E-state index in [1.807, 2.05) is 47.4 Å². The van der Waals surface area contributed by atoms with E-state index in [0.717, 1.165) is 37.4 Å². The zero-order chi connectivity index (χ0) is 20.6. The van der Waals surface area contributed by atoms with Gasteiger partial charge in [0.1, 0.15) is 5.75 Å². The molecule has 0 bridgehead atoms. The van der Waals surface area contributed by atoms with Crippen LogP contribution < -0.4 is 15.4 Å². The lowest BCUT2D eigenvalue weighted by Crippen LogP contribution is -2.27. The van der Waals surface area contributed by atoms with Gasteiger partial charge in [0.2, 0.25) is 5.91 Å². The molecule has 6 heteroatoms. The molecule has 0 aliphatic carbocycles. The Balaban J connectivity index is 1.49. The Morgan fingerprint density at radius 1 is 1.03 bits per heavy atom. The highest BCUT2D eigenvalue weighted by Crippen LogP contribution is 2.18. The van der Waals surface area contributed by atoms with Crippen molar-refractivity contribution < 1.29 is 14.3 Å². The molecule has 154 valence electrons. The molecule has 3 rings (SSSR count). The van der Waals surface area contributed by atoms with E-state index in [1.165, 1.54) is 0 Å². The van der Waals surface area contributed by atoms with Crippen LogP contribution in [0.5, 0.6) is 5.75 Å². The summed E-state index contributed by atoms with van der Waals surface area (Å²) in [6.07, 6.45) is 2.13. The van der Waals surface area contributed by atoms with Gasteiger partial charge in [0, 0.05) is 30.0 Å². The zero-order valence-corrected chi connectivity index (χ0v) is 17.1. The van der Waals surface area contributed by atoms with E-state index in [0.29, 0.717) is 23.8 Å². The third-order valence-corrected chi connectivity index (χ3v) is 4.68. The average molecular weight is 396 g/mol. The molecule has 6 nitrogen and oxygen atoms in total. The summed E-state index contributed by atoms with van der Waals surface area (Å²) in [5, 5.41) is 5.94. The Kier molecular flexibility index (Phi) is 7.11. The van der Waals surface area contributed by atoms with Crippen LogP contribution in [0.15, 0.2) is 48.5 Å². The van der Waals surface area contributed by atoms with Gasteiger partial charge in [-0.05, 0) is 61.2 Å². The van der Waals surface area contributed by atoms with Crippen LogP contribution >= 0.6 is 0 Å². The minimum Gasteiger partial charge on any atom is -0.493 e. The molecular formula is C23H29N3O3. The summed E-state index contributed by atoms with van der Waals surface area (Å²) in [6, 6.07) is 14.6. The SMILES string of the molecule is CC(C)COc1ccc(NC(=O)CNc2cccc(C(=O)N3CCCC3)c2)cc1. The molecule has 1 saturated heterocycles. The van der Waals surface area contributed by atoms with Crippen LogP contribution in [0.25, 0.3) is 0 Å². The van der Waals surface area contributed by atoms with Crippen LogP contribution in [0.4, 0.5) is 11.4 Å². The summed E-state index contributed by atoms with van der Waals surface area (Å²) in [5.74, 6) is 1.14. The Morgan fingerprint density at radius 2 is 1.76 bits per heavy atom. The minimum atomic E-state index is -0.155. The van der Waals surface area contributed by atoms with Crippen molar-refractivity contribution in [1.82, 2.24) is 4.90 Å². The lowest BCUT2D eigenvalue weighted by molar-refractivity contribution is -0.114. The van der Waals surface area contributed by atoms with Crippen LogP contribution in [-0.2, 0) is 4.79 Å². The zero-order valence-electron chi connectivity index (χ0n) is 17.1. The van der Waals surface area contributed by atoms with Crippen LogP contribution in [0.3, 0.4) is 0 Å². The third-order valence-electron chi connectivity index (χ3n) is 4.68. The Hall–Kier alpha value is -3.02. The number of anilines is 2. The minimum absolute atomic E-state index is 0.0513. The van der Waals surface area contributed by atoms with Gasteiger partial charge in [0.05, 0.1) is 13.2 Å². The summed E-state index contributed by atoms with van der Waals surface area (Å²) in [6.45, 7) is 6.61. The highest BCUT2D eigenvalue weighted by Gasteiger charge is 2.19. The van der Waals surface area contributed by atoms with Crippen molar-refractivity contribution in [2.45, 2.75) is 26.7 Å². The molecule has 0 spiro atoms. The Morgan fingerprint density at radius 3 is 2.45 bits per heavy atom. The molecule has 0 aromatic heterocycles. The molecule has 0 atom stereocenters. The van der Waals surface area contributed by atoms with Crippen molar-refractivity contribution in [2.75, 3.05) is 36.9 Å². The molecule has 1 aliphatic rings. The fraction of sp³-hybridized carbons (Fsp3) is 0.391. The van der Waals surface area contributed by atoms with E-state index in [2.05, 4.69) is 24.5 Å². The largest absolute Gasteiger partial charge is 0.493 e. The van der Waals surface area contributed by atoms with Gasteiger partial charge >= 0.3 is 0 Å². The second kappa shape index (κ2) is 9.96. The predicted molar refractivity (Wildman–Crippen MR) is 115 cm³/mol. The first-order chi connectivity index (χ1) is 14.0. The Bertz CT molecular complexity index is 828. The normalized spacial score (nSPS) is 13.4. The van der Waals surface area contributed by atoms with Gasteiger partial charge in [-0.15, -0.1) is 0 Å². The van der Waals surface area contributed by atoms with Crippen molar-refractivity contribution in [3.8, 4) is 5.75 Å². The van der Waals surface area contributed by atoms with Gasteiger partial charge in [0.25, 0.3) is 5.91 Å². The topological polar surface area (TPSA) is 70.7 Å². The standard InChI is InChI=1S/C23H29N3O3/c1-17(2)16-29-21-10-8-19(9-11-21)25-22(27)15-24-20-7-5-6-18(14-20)23(28)26-12-3-4-13-26/h5-11,14,17,24H,3-4,12-13,15-16H2,1-2H3,(H,25,27). The number of nitrogens with zero attached hydrogens (tertiary/aromatic N) is 1. The molecule has 1 fully saturated rings. The second-order valence-electron chi connectivity index (χ2n) is 7.71. The molecule has 0 saturated carbocycles. The fourth-order valence-corrected chi connectivity index (χ4v) is 3.15. The van der Waals surface area contributed by atoms with E-state index in [1.54, 1.807) is 6.07 Å². The van der Waals surface area contributed by atoms with E-state index in [4.69, 9.17) is 4.74 Å². The van der Waals surface area contributed by atoms with Gasteiger partial charge in [-0.1, -0.05) is 19.9 Å². The summed E-state index contributed by atoms with van der Waals surface area (Å²) in [5.41, 5.74) is 2.11. The number of nitrogens with one attached hydrogen (secondary N) is 2. The maximum Gasteiger partial charge on any atom is 0.253 e. The number of likely N-dealkylation sites (tertiary alicyclic amines) is 1. The summed E-state index contributed by atoms with van der Waals surface area (Å²) < 4.78 is 5.64. The highest BCUT2D eigenvalue weighted by atomic mass is 16.5. The third kappa shape index (κ3) is 6.24. The van der Waals surface area contributed by atoms with Gasteiger partial charge in [-0.25, -0.2) is 0 Å². The molecule has 0 unspecified atom stereocenters. The second-order valence-corrected chi connectivity index (χ2v) is 7.71. The smallest absolute Gasteiger partial charge is 0.253 e. The quantitative estimate of drug-likeness (QED) is 0.709. The number of hydrogen-bond donors (Lipinski definition) is 2. The maximum atomic E-state index is 12.5. The molecule has 2 aromatic carbocycles. The van der Waals surface area contributed by atoms with E-state index in [-0.39, 0.29) is 18.4 Å².